The first-order valence-electron chi connectivity index (χ1n) is 6.65. The van der Waals surface area contributed by atoms with Gasteiger partial charge in [0.15, 0.2) is 0 Å². The van der Waals surface area contributed by atoms with Gasteiger partial charge in [0.1, 0.15) is 0 Å². The van der Waals surface area contributed by atoms with Crippen molar-refractivity contribution in [2.75, 3.05) is 27.2 Å². The predicted octanol–water partition coefficient (Wildman–Crippen LogP) is 1.60. The Morgan fingerprint density at radius 3 is 2.85 bits per heavy atom. The summed E-state index contributed by atoms with van der Waals surface area (Å²) in [5.74, 6) is 0. The van der Waals surface area contributed by atoms with E-state index in [0.717, 1.165) is 18.5 Å². The van der Waals surface area contributed by atoms with Gasteiger partial charge in [-0.2, -0.15) is 0 Å². The highest BCUT2D eigenvalue weighted by Crippen LogP contribution is 2.14. The lowest BCUT2D eigenvalue weighted by Gasteiger charge is -2.12. The molecule has 0 aliphatic heterocycles. The van der Waals surface area contributed by atoms with Crippen molar-refractivity contribution in [2.24, 2.45) is 0 Å². The SMILES string of the molecule is CN(C)C(=O)NCCNCc1ccc2cnccc2c1. The summed E-state index contributed by atoms with van der Waals surface area (Å²) < 4.78 is 0. The Morgan fingerprint density at radius 2 is 2.05 bits per heavy atom. The molecule has 0 fully saturated rings. The monoisotopic (exact) mass is 272 g/mol. The molecular formula is C15H20N4O. The molecule has 0 saturated carbocycles. The number of hydrogen-bond acceptors (Lipinski definition) is 3. The smallest absolute Gasteiger partial charge is 0.316 e. The topological polar surface area (TPSA) is 57.3 Å². The molecule has 0 unspecified atom stereocenters. The molecule has 0 radical (unpaired) electrons. The third kappa shape index (κ3) is 3.93. The van der Waals surface area contributed by atoms with Crippen LogP contribution in [0, 0.1) is 0 Å². The van der Waals surface area contributed by atoms with Crippen molar-refractivity contribution in [2.45, 2.75) is 6.54 Å². The van der Waals surface area contributed by atoms with Crippen LogP contribution in [0.5, 0.6) is 0 Å². The largest absolute Gasteiger partial charge is 0.337 e. The van der Waals surface area contributed by atoms with Gasteiger partial charge in [0.05, 0.1) is 0 Å². The number of amides is 2. The minimum atomic E-state index is -0.0648. The lowest BCUT2D eigenvalue weighted by molar-refractivity contribution is 0.217. The predicted molar refractivity (Wildman–Crippen MR) is 80.5 cm³/mol. The lowest BCUT2D eigenvalue weighted by atomic mass is 10.1. The second kappa shape index (κ2) is 6.86. The van der Waals surface area contributed by atoms with E-state index in [9.17, 15) is 4.79 Å². The van der Waals surface area contributed by atoms with Crippen LogP contribution in [0.2, 0.25) is 0 Å². The number of hydrogen-bond donors (Lipinski definition) is 2. The fraction of sp³-hybridized carbons (Fsp3) is 0.333. The fourth-order valence-corrected chi connectivity index (χ4v) is 1.89. The van der Waals surface area contributed by atoms with Crippen LogP contribution in [0.25, 0.3) is 10.8 Å². The Balaban J connectivity index is 1.77. The molecule has 5 nitrogen and oxygen atoms in total. The van der Waals surface area contributed by atoms with Gasteiger partial charge < -0.3 is 15.5 Å². The zero-order chi connectivity index (χ0) is 14.4. The number of aromatic nitrogens is 1. The Labute approximate surface area is 119 Å². The second-order valence-corrected chi connectivity index (χ2v) is 4.86. The van der Waals surface area contributed by atoms with E-state index in [1.807, 2.05) is 12.3 Å². The van der Waals surface area contributed by atoms with Crippen molar-refractivity contribution < 1.29 is 4.79 Å². The van der Waals surface area contributed by atoms with Gasteiger partial charge in [-0.1, -0.05) is 12.1 Å². The third-order valence-corrected chi connectivity index (χ3v) is 3.02. The molecule has 1 aromatic carbocycles. The van der Waals surface area contributed by atoms with Gasteiger partial charge in [0, 0.05) is 51.5 Å². The summed E-state index contributed by atoms with van der Waals surface area (Å²) in [4.78, 5) is 16.9. The number of carbonyl (C=O) groups is 1. The van der Waals surface area contributed by atoms with Gasteiger partial charge in [0.2, 0.25) is 0 Å². The number of urea groups is 1. The van der Waals surface area contributed by atoms with E-state index < -0.39 is 0 Å². The molecule has 1 aromatic heterocycles. The lowest BCUT2D eigenvalue weighted by Crippen LogP contribution is -2.38. The standard InChI is InChI=1S/C15H20N4O/c1-19(2)15(20)18-8-7-17-10-12-3-4-14-11-16-6-5-13(14)9-12/h3-6,9,11,17H,7-8,10H2,1-2H3,(H,18,20). The molecule has 0 atom stereocenters. The highest BCUT2D eigenvalue weighted by molar-refractivity contribution is 5.81. The summed E-state index contributed by atoms with van der Waals surface area (Å²) in [6.45, 7) is 2.15. The number of benzene rings is 1. The van der Waals surface area contributed by atoms with E-state index in [0.29, 0.717) is 6.54 Å². The molecule has 106 valence electrons. The zero-order valence-corrected chi connectivity index (χ0v) is 11.9. The number of nitrogens with zero attached hydrogens (tertiary/aromatic N) is 2. The molecule has 1 heterocycles. The van der Waals surface area contributed by atoms with E-state index in [-0.39, 0.29) is 6.03 Å². The van der Waals surface area contributed by atoms with Crippen molar-refractivity contribution >= 4 is 16.8 Å². The quantitative estimate of drug-likeness (QED) is 0.813. The first kappa shape index (κ1) is 14.3. The molecule has 2 N–H and O–H groups in total. The summed E-state index contributed by atoms with van der Waals surface area (Å²) in [7, 11) is 3.46. The second-order valence-electron chi connectivity index (χ2n) is 4.86. The first-order valence-corrected chi connectivity index (χ1v) is 6.65. The van der Waals surface area contributed by atoms with Crippen molar-refractivity contribution in [3.05, 3.63) is 42.2 Å². The Bertz CT molecular complexity index is 583. The van der Waals surface area contributed by atoms with Crippen LogP contribution in [-0.4, -0.2) is 43.1 Å². The molecule has 0 aliphatic rings. The van der Waals surface area contributed by atoms with Crippen molar-refractivity contribution in [3.8, 4) is 0 Å². The number of fused-ring (bicyclic) bond motifs is 1. The average Bonchev–Trinajstić information content (AvgIpc) is 2.46. The van der Waals surface area contributed by atoms with Gasteiger partial charge in [0.25, 0.3) is 0 Å². The molecule has 2 rings (SSSR count). The molecule has 0 saturated heterocycles. The van der Waals surface area contributed by atoms with Gasteiger partial charge >= 0.3 is 6.03 Å². The van der Waals surface area contributed by atoms with Gasteiger partial charge in [-0.15, -0.1) is 0 Å². The molecule has 2 aromatic rings. The van der Waals surface area contributed by atoms with Crippen LogP contribution >= 0.6 is 0 Å². The maximum absolute atomic E-state index is 11.3. The van der Waals surface area contributed by atoms with Crippen LogP contribution in [-0.2, 0) is 6.54 Å². The number of carbonyl (C=O) groups excluding carboxylic acids is 1. The first-order chi connectivity index (χ1) is 9.66. The van der Waals surface area contributed by atoms with E-state index in [4.69, 9.17) is 0 Å². The van der Waals surface area contributed by atoms with Crippen molar-refractivity contribution in [3.63, 3.8) is 0 Å². The summed E-state index contributed by atoms with van der Waals surface area (Å²) >= 11 is 0. The summed E-state index contributed by atoms with van der Waals surface area (Å²) in [5, 5.41) is 8.47. The zero-order valence-electron chi connectivity index (χ0n) is 11.9. The Hall–Kier alpha value is -2.14. The van der Waals surface area contributed by atoms with Crippen LogP contribution in [0.1, 0.15) is 5.56 Å². The van der Waals surface area contributed by atoms with Crippen LogP contribution < -0.4 is 10.6 Å². The van der Waals surface area contributed by atoms with Gasteiger partial charge in [-0.25, -0.2) is 4.79 Å². The maximum atomic E-state index is 11.3. The highest BCUT2D eigenvalue weighted by atomic mass is 16.2. The molecule has 0 spiro atoms. The van der Waals surface area contributed by atoms with Crippen molar-refractivity contribution in [1.29, 1.82) is 0 Å². The third-order valence-electron chi connectivity index (χ3n) is 3.02. The Morgan fingerprint density at radius 1 is 1.20 bits per heavy atom. The molecule has 5 heteroatoms. The molecule has 20 heavy (non-hydrogen) atoms. The van der Waals surface area contributed by atoms with Gasteiger partial charge in [-0.05, 0) is 23.1 Å². The summed E-state index contributed by atoms with van der Waals surface area (Å²) in [6, 6.07) is 8.27. The van der Waals surface area contributed by atoms with Crippen LogP contribution in [0.15, 0.2) is 36.7 Å². The maximum Gasteiger partial charge on any atom is 0.316 e. The van der Waals surface area contributed by atoms with E-state index in [1.165, 1.54) is 15.8 Å². The van der Waals surface area contributed by atoms with E-state index in [1.54, 1.807) is 20.3 Å². The van der Waals surface area contributed by atoms with E-state index in [2.05, 4.69) is 33.8 Å². The minimum absolute atomic E-state index is 0.0648. The molecule has 0 aliphatic carbocycles. The molecule has 0 bridgehead atoms. The van der Waals surface area contributed by atoms with Crippen LogP contribution in [0.4, 0.5) is 4.79 Å². The molecular weight excluding hydrogens is 252 g/mol. The summed E-state index contributed by atoms with van der Waals surface area (Å²) in [6.07, 6.45) is 3.67. The number of pyridine rings is 1. The fourth-order valence-electron chi connectivity index (χ4n) is 1.89. The number of rotatable bonds is 5. The van der Waals surface area contributed by atoms with Crippen molar-refractivity contribution in [1.82, 2.24) is 20.5 Å². The van der Waals surface area contributed by atoms with E-state index >= 15 is 0 Å². The van der Waals surface area contributed by atoms with Crippen LogP contribution in [0.3, 0.4) is 0 Å². The summed E-state index contributed by atoms with van der Waals surface area (Å²) in [5.41, 5.74) is 1.22. The average molecular weight is 272 g/mol. The van der Waals surface area contributed by atoms with Gasteiger partial charge in [-0.3, -0.25) is 4.98 Å². The number of nitrogens with one attached hydrogen (secondary N) is 2. The normalized spacial score (nSPS) is 10.5. The minimum Gasteiger partial charge on any atom is -0.337 e. The Kier molecular flexibility index (Phi) is 4.90. The highest BCUT2D eigenvalue weighted by Gasteiger charge is 2.01. The molecule has 2 amide bonds.